The van der Waals surface area contributed by atoms with Gasteiger partial charge in [0, 0.05) is 0 Å². The van der Waals surface area contributed by atoms with E-state index in [4.69, 9.17) is 30.6 Å². The third kappa shape index (κ3) is 20.6. The number of carboxylic acids is 1. The summed E-state index contributed by atoms with van der Waals surface area (Å²) in [6.45, 7) is 2.94. The predicted octanol–water partition coefficient (Wildman–Crippen LogP) is 3.38. The van der Waals surface area contributed by atoms with Gasteiger partial charge in [-0.25, -0.2) is 0 Å². The van der Waals surface area contributed by atoms with Crippen LogP contribution in [0.5, 0.6) is 0 Å². The molecule has 8 nitrogen and oxygen atoms in total. The highest BCUT2D eigenvalue weighted by molar-refractivity contribution is 5.69. The summed E-state index contributed by atoms with van der Waals surface area (Å²) in [5.41, 5.74) is 0. The minimum absolute atomic E-state index is 0.0944. The Morgan fingerprint density at radius 3 is 1.21 bits per heavy atom. The van der Waals surface area contributed by atoms with E-state index in [2.05, 4.69) is 13.8 Å². The van der Waals surface area contributed by atoms with E-state index in [0.717, 1.165) is 32.1 Å². The van der Waals surface area contributed by atoms with Gasteiger partial charge in [-0.3, -0.25) is 4.79 Å². The maximum Gasteiger partial charge on any atom is 0.306 e. The van der Waals surface area contributed by atoms with Gasteiger partial charge in [-0.1, -0.05) is 104 Å². The van der Waals surface area contributed by atoms with Crippen LogP contribution in [0.1, 0.15) is 117 Å². The summed E-state index contributed by atoms with van der Waals surface area (Å²) in [5, 5.41) is 61.4. The van der Waals surface area contributed by atoms with Crippen LogP contribution in [0.3, 0.4) is 0 Å². The van der Waals surface area contributed by atoms with Gasteiger partial charge in [-0.05, 0) is 12.8 Å². The lowest BCUT2D eigenvalue weighted by Crippen LogP contribution is -2.46. The molecule has 0 saturated heterocycles. The maximum absolute atomic E-state index is 11.1. The Balaban J connectivity index is 0. The van der Waals surface area contributed by atoms with Gasteiger partial charge in [-0.2, -0.15) is 0 Å². The van der Waals surface area contributed by atoms with E-state index in [1.54, 1.807) is 0 Å². The van der Waals surface area contributed by atoms with Gasteiger partial charge >= 0.3 is 5.97 Å². The van der Waals surface area contributed by atoms with Crippen molar-refractivity contribution >= 4 is 5.97 Å². The van der Waals surface area contributed by atoms with Crippen LogP contribution in [0.25, 0.3) is 0 Å². The molecule has 1 unspecified atom stereocenters. The highest BCUT2D eigenvalue weighted by Crippen LogP contribution is 2.18. The number of aliphatic hydroxyl groups excluding tert-OH is 6. The Morgan fingerprint density at radius 1 is 0.559 bits per heavy atom. The fraction of sp³-hybridized carbons (Fsp3) is 0.962. The summed E-state index contributed by atoms with van der Waals surface area (Å²) in [4.78, 5) is 11.1. The van der Waals surface area contributed by atoms with Crippen molar-refractivity contribution in [3.8, 4) is 0 Å². The second-order valence-electron chi connectivity index (χ2n) is 9.34. The average Bonchev–Trinajstić information content (AvgIpc) is 2.84. The van der Waals surface area contributed by atoms with E-state index in [1.807, 2.05) is 0 Å². The SMILES string of the molecule is CCCCCCCCCCCCCCC(CCCC)C(=O)O.OC[C@@H](O)[C@@H](O)[C@H](O)[C@@H](O)CO. The van der Waals surface area contributed by atoms with Gasteiger partial charge in [-0.15, -0.1) is 0 Å². The molecule has 0 radical (unpaired) electrons. The zero-order valence-electron chi connectivity index (χ0n) is 21.7. The molecule has 0 aliphatic carbocycles. The summed E-state index contributed by atoms with van der Waals surface area (Å²) in [6.07, 6.45) is 13.6. The smallest absolute Gasteiger partial charge is 0.306 e. The molecular formula is C26H54O8. The van der Waals surface area contributed by atoms with Gasteiger partial charge < -0.3 is 35.7 Å². The minimum atomic E-state index is -1.67. The zero-order chi connectivity index (χ0) is 26.2. The highest BCUT2D eigenvalue weighted by Gasteiger charge is 2.29. The summed E-state index contributed by atoms with van der Waals surface area (Å²) in [7, 11) is 0. The van der Waals surface area contributed by atoms with Crippen LogP contribution in [-0.4, -0.2) is 79.3 Å². The van der Waals surface area contributed by atoms with Crippen molar-refractivity contribution < 1.29 is 40.5 Å². The minimum Gasteiger partial charge on any atom is -0.481 e. The third-order valence-electron chi connectivity index (χ3n) is 6.17. The van der Waals surface area contributed by atoms with Crippen LogP contribution in [0.4, 0.5) is 0 Å². The maximum atomic E-state index is 11.1. The molecule has 34 heavy (non-hydrogen) atoms. The normalized spacial score (nSPS) is 15.6. The Kier molecular flexibility index (Phi) is 26.4. The molecule has 0 spiro atoms. The summed E-state index contributed by atoms with van der Waals surface area (Å²) in [6, 6.07) is 0. The number of aliphatic carboxylic acids is 1. The fourth-order valence-corrected chi connectivity index (χ4v) is 3.74. The highest BCUT2D eigenvalue weighted by atomic mass is 16.4. The standard InChI is InChI=1S/C20H40O2.C6H14O6/c1-3-5-7-8-9-10-11-12-13-14-15-16-18-19(20(21)22)17-6-4-2;7-1-3(9)5(11)6(12)4(10)2-8/h19H,3-18H2,1-2H3,(H,21,22);3-12H,1-2H2/t;3-,4+,5-,6-/m.1/s1. The Bertz CT molecular complexity index is 421. The number of aliphatic hydroxyl groups is 6. The molecule has 0 fully saturated rings. The van der Waals surface area contributed by atoms with Gasteiger partial charge in [0.2, 0.25) is 0 Å². The number of hydrogen-bond acceptors (Lipinski definition) is 7. The zero-order valence-corrected chi connectivity index (χ0v) is 21.7. The summed E-state index contributed by atoms with van der Waals surface area (Å²) >= 11 is 0. The summed E-state index contributed by atoms with van der Waals surface area (Å²) in [5.74, 6) is -0.681. The van der Waals surface area contributed by atoms with Gasteiger partial charge in [0.05, 0.1) is 19.1 Å². The first-order valence-electron chi connectivity index (χ1n) is 13.4. The van der Waals surface area contributed by atoms with Gasteiger partial charge in [0.25, 0.3) is 0 Å². The molecule has 0 aliphatic rings. The van der Waals surface area contributed by atoms with E-state index in [-0.39, 0.29) is 5.92 Å². The molecule has 0 aromatic heterocycles. The third-order valence-corrected chi connectivity index (χ3v) is 6.17. The molecule has 5 atom stereocenters. The largest absolute Gasteiger partial charge is 0.481 e. The Morgan fingerprint density at radius 2 is 0.882 bits per heavy atom. The number of carboxylic acid groups (broad SMARTS) is 1. The van der Waals surface area contributed by atoms with E-state index in [1.165, 1.54) is 70.6 Å². The van der Waals surface area contributed by atoms with Crippen LogP contribution < -0.4 is 0 Å². The van der Waals surface area contributed by atoms with Crippen molar-refractivity contribution in [3.05, 3.63) is 0 Å². The summed E-state index contributed by atoms with van der Waals surface area (Å²) < 4.78 is 0. The van der Waals surface area contributed by atoms with Crippen molar-refractivity contribution in [2.75, 3.05) is 13.2 Å². The molecule has 8 heteroatoms. The van der Waals surface area contributed by atoms with Crippen molar-refractivity contribution in [3.63, 3.8) is 0 Å². The van der Waals surface area contributed by atoms with Gasteiger partial charge in [0.15, 0.2) is 0 Å². The molecule has 0 amide bonds. The van der Waals surface area contributed by atoms with Crippen LogP contribution in [0, 0.1) is 5.92 Å². The van der Waals surface area contributed by atoms with Crippen LogP contribution >= 0.6 is 0 Å². The second-order valence-corrected chi connectivity index (χ2v) is 9.34. The quantitative estimate of drug-likeness (QED) is 0.113. The molecule has 0 bridgehead atoms. The molecule has 7 N–H and O–H groups in total. The molecule has 0 saturated carbocycles. The Labute approximate surface area is 207 Å². The van der Waals surface area contributed by atoms with Crippen molar-refractivity contribution in [1.29, 1.82) is 0 Å². The lowest BCUT2D eigenvalue weighted by atomic mass is 9.95. The molecule has 206 valence electrons. The van der Waals surface area contributed by atoms with E-state index in [9.17, 15) is 9.90 Å². The molecule has 0 heterocycles. The predicted molar refractivity (Wildman–Crippen MR) is 135 cm³/mol. The van der Waals surface area contributed by atoms with Gasteiger partial charge in [0.1, 0.15) is 24.4 Å². The first kappa shape index (κ1) is 35.4. The molecule has 0 rings (SSSR count). The topological polar surface area (TPSA) is 159 Å². The lowest BCUT2D eigenvalue weighted by Gasteiger charge is -2.24. The van der Waals surface area contributed by atoms with Crippen LogP contribution in [0.2, 0.25) is 0 Å². The monoisotopic (exact) mass is 494 g/mol. The Hall–Kier alpha value is -0.770. The van der Waals surface area contributed by atoms with Crippen molar-refractivity contribution in [2.45, 2.75) is 141 Å². The number of rotatable bonds is 22. The molecule has 0 aromatic rings. The van der Waals surface area contributed by atoms with E-state index in [0.29, 0.717) is 0 Å². The lowest BCUT2D eigenvalue weighted by molar-refractivity contribution is -0.142. The fourth-order valence-electron chi connectivity index (χ4n) is 3.74. The number of carbonyl (C=O) groups is 1. The second kappa shape index (κ2) is 25.3. The van der Waals surface area contributed by atoms with E-state index >= 15 is 0 Å². The number of hydrogen-bond donors (Lipinski definition) is 7. The van der Waals surface area contributed by atoms with Crippen molar-refractivity contribution in [2.24, 2.45) is 5.92 Å². The van der Waals surface area contributed by atoms with Crippen LogP contribution in [-0.2, 0) is 4.79 Å². The molecular weight excluding hydrogens is 440 g/mol. The molecule has 0 aliphatic heterocycles. The van der Waals surface area contributed by atoms with Crippen LogP contribution in [0.15, 0.2) is 0 Å². The molecule has 0 aromatic carbocycles. The van der Waals surface area contributed by atoms with Crippen molar-refractivity contribution in [1.82, 2.24) is 0 Å². The number of unbranched alkanes of at least 4 members (excludes halogenated alkanes) is 12. The first-order chi connectivity index (χ1) is 16.3. The average molecular weight is 495 g/mol. The van der Waals surface area contributed by atoms with E-state index < -0.39 is 43.6 Å². The first-order valence-corrected chi connectivity index (χ1v) is 13.4.